The summed E-state index contributed by atoms with van der Waals surface area (Å²) in [7, 11) is 2.11. The lowest BCUT2D eigenvalue weighted by Crippen LogP contribution is -2.39. The summed E-state index contributed by atoms with van der Waals surface area (Å²) >= 11 is 0. The lowest BCUT2D eigenvalue weighted by molar-refractivity contribution is -0.191. The largest absolute Gasteiger partial charge is 0.347 e. The van der Waals surface area contributed by atoms with Gasteiger partial charge in [-0.2, -0.15) is 0 Å². The first-order valence-corrected chi connectivity index (χ1v) is 7.98. The normalized spacial score (nSPS) is 18.9. The third kappa shape index (κ3) is 4.09. The number of rotatable bonds is 7. The molecule has 0 bridgehead atoms. The minimum absolute atomic E-state index is 0.335. The van der Waals surface area contributed by atoms with Crippen molar-refractivity contribution in [1.29, 1.82) is 0 Å². The quantitative estimate of drug-likeness (QED) is 0.782. The van der Waals surface area contributed by atoms with E-state index in [1.807, 2.05) is 0 Å². The van der Waals surface area contributed by atoms with Crippen molar-refractivity contribution >= 4 is 12.7 Å². The Labute approximate surface area is 129 Å². The Morgan fingerprint density at radius 1 is 1.14 bits per heavy atom. The summed E-state index contributed by atoms with van der Waals surface area (Å²) in [4.78, 5) is 0. The van der Waals surface area contributed by atoms with E-state index in [4.69, 9.17) is 9.47 Å². The van der Waals surface area contributed by atoms with Crippen molar-refractivity contribution in [2.75, 3.05) is 19.8 Å². The lowest BCUT2D eigenvalue weighted by Gasteiger charge is -2.32. The van der Waals surface area contributed by atoms with Crippen LogP contribution < -0.4 is 10.8 Å². The molecule has 2 rings (SSSR count). The van der Waals surface area contributed by atoms with Gasteiger partial charge in [0.2, 0.25) is 0 Å². The third-order valence-corrected chi connectivity index (χ3v) is 4.35. The molecule has 21 heavy (non-hydrogen) atoms. The Morgan fingerprint density at radius 2 is 1.76 bits per heavy atom. The molecule has 1 N–H and O–H groups in total. The van der Waals surface area contributed by atoms with Crippen LogP contribution >= 0.6 is 0 Å². The molecule has 0 aliphatic carbocycles. The summed E-state index contributed by atoms with van der Waals surface area (Å²) < 4.78 is 11.7. The lowest BCUT2D eigenvalue weighted by atomic mass is 9.73. The predicted octanol–water partition coefficient (Wildman–Crippen LogP) is 2.50. The summed E-state index contributed by atoms with van der Waals surface area (Å²) in [5.41, 5.74) is 2.57. The topological polar surface area (TPSA) is 30.5 Å². The first-order chi connectivity index (χ1) is 10.1. The number of hydrogen-bond acceptors (Lipinski definition) is 3. The highest BCUT2D eigenvalue weighted by Crippen LogP contribution is 2.31. The standard InChI is InChI=1S/C17H27BNO2/c1-13(2)17(20-11-12-21-17)9-10-19-14(3)15-5-7-16(18-4)8-6-15/h5-8,13-14,19H,9-12H2,1-4H3/t14-/m0/s1. The molecule has 3 nitrogen and oxygen atoms in total. The van der Waals surface area contributed by atoms with Gasteiger partial charge in [-0.05, 0) is 12.5 Å². The second-order valence-corrected chi connectivity index (χ2v) is 6.04. The molecule has 1 fully saturated rings. The molecule has 1 aromatic carbocycles. The monoisotopic (exact) mass is 288 g/mol. The molecule has 0 amide bonds. The minimum Gasteiger partial charge on any atom is -0.347 e. The van der Waals surface area contributed by atoms with Crippen LogP contribution in [0.5, 0.6) is 0 Å². The van der Waals surface area contributed by atoms with Gasteiger partial charge in [-0.25, -0.2) is 0 Å². The average molecular weight is 288 g/mol. The molecule has 1 heterocycles. The van der Waals surface area contributed by atoms with E-state index in [0.29, 0.717) is 25.2 Å². The number of nitrogens with one attached hydrogen (secondary N) is 1. The van der Waals surface area contributed by atoms with E-state index in [9.17, 15) is 0 Å². The van der Waals surface area contributed by atoms with Crippen molar-refractivity contribution in [2.24, 2.45) is 5.92 Å². The maximum Gasteiger partial charge on any atom is 0.171 e. The second kappa shape index (κ2) is 7.43. The van der Waals surface area contributed by atoms with Gasteiger partial charge in [0.25, 0.3) is 0 Å². The minimum atomic E-state index is -0.395. The van der Waals surface area contributed by atoms with Gasteiger partial charge in [-0.3, -0.25) is 0 Å². The zero-order valence-electron chi connectivity index (χ0n) is 13.7. The second-order valence-electron chi connectivity index (χ2n) is 6.04. The number of ether oxygens (including phenoxy) is 2. The molecule has 1 atom stereocenters. The van der Waals surface area contributed by atoms with Crippen LogP contribution in [0.2, 0.25) is 6.82 Å². The highest BCUT2D eigenvalue weighted by atomic mass is 16.7. The highest BCUT2D eigenvalue weighted by Gasteiger charge is 2.39. The van der Waals surface area contributed by atoms with Gasteiger partial charge in [-0.1, -0.05) is 50.4 Å². The smallest absolute Gasteiger partial charge is 0.171 e. The van der Waals surface area contributed by atoms with Crippen LogP contribution in [-0.2, 0) is 9.47 Å². The maximum absolute atomic E-state index is 5.85. The highest BCUT2D eigenvalue weighted by molar-refractivity contribution is 6.51. The zero-order chi connectivity index (χ0) is 15.3. The molecule has 0 saturated carbocycles. The Balaban J connectivity index is 1.84. The Kier molecular flexibility index (Phi) is 5.85. The van der Waals surface area contributed by atoms with Crippen LogP contribution in [0.25, 0.3) is 0 Å². The van der Waals surface area contributed by atoms with Crippen LogP contribution in [-0.4, -0.2) is 32.8 Å². The van der Waals surface area contributed by atoms with E-state index < -0.39 is 5.79 Å². The van der Waals surface area contributed by atoms with E-state index >= 15 is 0 Å². The van der Waals surface area contributed by atoms with E-state index in [1.54, 1.807) is 0 Å². The first-order valence-electron chi connectivity index (χ1n) is 7.98. The molecule has 1 aromatic rings. The molecule has 1 saturated heterocycles. The molecule has 1 aliphatic heterocycles. The van der Waals surface area contributed by atoms with Gasteiger partial charge in [0, 0.05) is 24.9 Å². The van der Waals surface area contributed by atoms with Crippen LogP contribution in [0.15, 0.2) is 24.3 Å². The summed E-state index contributed by atoms with van der Waals surface area (Å²) in [6.07, 6.45) is 0.885. The van der Waals surface area contributed by atoms with E-state index in [1.165, 1.54) is 11.0 Å². The molecular formula is C17H27BNO2. The third-order valence-electron chi connectivity index (χ3n) is 4.35. The number of benzene rings is 1. The molecule has 1 aliphatic rings. The SMILES string of the molecule is C[B]c1ccc([C@H](C)NCCC2(C(C)C)OCCO2)cc1. The van der Waals surface area contributed by atoms with E-state index in [-0.39, 0.29) is 0 Å². The predicted molar refractivity (Wildman–Crippen MR) is 88.2 cm³/mol. The van der Waals surface area contributed by atoms with Crippen molar-refractivity contribution in [3.8, 4) is 0 Å². The molecule has 0 spiro atoms. The van der Waals surface area contributed by atoms with Crippen LogP contribution in [0.3, 0.4) is 0 Å². The molecule has 4 heteroatoms. The van der Waals surface area contributed by atoms with E-state index in [2.05, 4.69) is 64.5 Å². The summed E-state index contributed by atoms with van der Waals surface area (Å²) in [6.45, 7) is 10.9. The van der Waals surface area contributed by atoms with Crippen molar-refractivity contribution in [3.63, 3.8) is 0 Å². The van der Waals surface area contributed by atoms with Gasteiger partial charge in [0.15, 0.2) is 5.79 Å². The fraction of sp³-hybridized carbons (Fsp3) is 0.647. The number of hydrogen-bond donors (Lipinski definition) is 1. The summed E-state index contributed by atoms with van der Waals surface area (Å²) in [5.74, 6) is -0.0233. The van der Waals surface area contributed by atoms with Gasteiger partial charge in [0.1, 0.15) is 7.28 Å². The Hall–Kier alpha value is -0.835. The van der Waals surface area contributed by atoms with E-state index in [0.717, 1.165) is 13.0 Å². The Bertz CT molecular complexity index is 427. The van der Waals surface area contributed by atoms with Crippen LogP contribution in [0.1, 0.15) is 38.8 Å². The van der Waals surface area contributed by atoms with Crippen molar-refractivity contribution < 1.29 is 9.47 Å². The van der Waals surface area contributed by atoms with Gasteiger partial charge < -0.3 is 14.8 Å². The molecule has 0 unspecified atom stereocenters. The fourth-order valence-corrected chi connectivity index (χ4v) is 2.79. The molecule has 115 valence electrons. The average Bonchev–Trinajstić information content (AvgIpc) is 2.97. The fourth-order valence-electron chi connectivity index (χ4n) is 2.79. The maximum atomic E-state index is 5.85. The first kappa shape index (κ1) is 16.5. The summed E-state index contributed by atoms with van der Waals surface area (Å²) in [5, 5.41) is 3.57. The molecule has 1 radical (unpaired) electrons. The molecule has 0 aromatic heterocycles. The van der Waals surface area contributed by atoms with Crippen molar-refractivity contribution in [2.45, 2.75) is 45.8 Å². The van der Waals surface area contributed by atoms with Gasteiger partial charge >= 0.3 is 0 Å². The van der Waals surface area contributed by atoms with Crippen LogP contribution in [0.4, 0.5) is 0 Å². The zero-order valence-corrected chi connectivity index (χ0v) is 13.7. The van der Waals surface area contributed by atoms with Crippen LogP contribution in [0, 0.1) is 5.92 Å². The van der Waals surface area contributed by atoms with Gasteiger partial charge in [0.05, 0.1) is 13.2 Å². The van der Waals surface area contributed by atoms with Crippen molar-refractivity contribution in [1.82, 2.24) is 5.32 Å². The van der Waals surface area contributed by atoms with Crippen molar-refractivity contribution in [3.05, 3.63) is 29.8 Å². The Morgan fingerprint density at radius 3 is 2.29 bits per heavy atom. The summed E-state index contributed by atoms with van der Waals surface area (Å²) in [6, 6.07) is 9.03. The molecular weight excluding hydrogens is 261 g/mol. The van der Waals surface area contributed by atoms with Gasteiger partial charge in [-0.15, -0.1) is 0 Å².